The topological polar surface area (TPSA) is 94.6 Å². The lowest BCUT2D eigenvalue weighted by Gasteiger charge is -2.23. The maximum atomic E-state index is 6.01. The van der Waals surface area contributed by atoms with Gasteiger partial charge in [-0.2, -0.15) is 5.10 Å². The lowest BCUT2D eigenvalue weighted by atomic mass is 10.0. The van der Waals surface area contributed by atoms with Gasteiger partial charge in [0, 0.05) is 23.3 Å². The van der Waals surface area contributed by atoms with E-state index in [1.165, 1.54) is 6.42 Å². The minimum atomic E-state index is 0.0129. The highest BCUT2D eigenvalue weighted by molar-refractivity contribution is 5.89. The van der Waals surface area contributed by atoms with Crippen molar-refractivity contribution in [3.63, 3.8) is 0 Å². The van der Waals surface area contributed by atoms with Crippen LogP contribution in [-0.2, 0) is 4.74 Å². The van der Waals surface area contributed by atoms with Crippen molar-refractivity contribution in [2.75, 3.05) is 12.3 Å². The maximum Gasteiger partial charge on any atom is 0.198 e. The molecule has 0 amide bonds. The second-order valence-electron chi connectivity index (χ2n) is 7.59. The second kappa shape index (κ2) is 7.00. The monoisotopic (exact) mass is 388 g/mol. The van der Waals surface area contributed by atoms with Gasteiger partial charge in [-0.15, -0.1) is 0 Å². The maximum absolute atomic E-state index is 6.01. The molecule has 1 aliphatic rings. The number of H-pyrrole nitrogens is 1. The average Bonchev–Trinajstić information content (AvgIpc) is 3.29. The second-order valence-corrected chi connectivity index (χ2v) is 7.59. The molecule has 0 bridgehead atoms. The van der Waals surface area contributed by atoms with Crippen molar-refractivity contribution in [2.45, 2.75) is 39.3 Å². The van der Waals surface area contributed by atoms with Gasteiger partial charge < -0.3 is 15.5 Å². The van der Waals surface area contributed by atoms with Gasteiger partial charge in [-0.1, -0.05) is 12.1 Å². The Bertz CT molecular complexity index is 1190. The van der Waals surface area contributed by atoms with Crippen LogP contribution in [0.5, 0.6) is 0 Å². The predicted molar refractivity (Wildman–Crippen MR) is 113 cm³/mol. The Morgan fingerprint density at radius 3 is 2.83 bits per heavy atom. The summed E-state index contributed by atoms with van der Waals surface area (Å²) in [5.41, 5.74) is 12.4. The van der Waals surface area contributed by atoms with E-state index in [0.717, 1.165) is 64.4 Å². The number of aromatic nitrogens is 5. The molecule has 1 fully saturated rings. The number of nitrogens with one attached hydrogen (secondary N) is 1. The number of nitrogens with two attached hydrogens (primary N) is 1. The van der Waals surface area contributed by atoms with Crippen molar-refractivity contribution in [3.05, 3.63) is 47.8 Å². The zero-order valence-electron chi connectivity index (χ0n) is 16.6. The van der Waals surface area contributed by atoms with E-state index in [-0.39, 0.29) is 6.23 Å². The van der Waals surface area contributed by atoms with Crippen molar-refractivity contribution < 1.29 is 4.74 Å². The van der Waals surface area contributed by atoms with Gasteiger partial charge in [-0.25, -0.2) is 9.67 Å². The minimum absolute atomic E-state index is 0.0129. The molecule has 3 N–H and O–H groups in total. The summed E-state index contributed by atoms with van der Waals surface area (Å²) in [6.07, 6.45) is 3.30. The number of aryl methyl sites for hydroxylation is 2. The number of ether oxygens (including phenoxy) is 1. The lowest BCUT2D eigenvalue weighted by molar-refractivity contribution is -0.0368. The van der Waals surface area contributed by atoms with Gasteiger partial charge in [0.15, 0.2) is 12.2 Å². The summed E-state index contributed by atoms with van der Waals surface area (Å²) < 4.78 is 7.97. The zero-order valence-corrected chi connectivity index (χ0v) is 16.6. The van der Waals surface area contributed by atoms with E-state index in [1.54, 1.807) is 0 Å². The molecule has 4 heterocycles. The molecule has 7 heteroatoms. The van der Waals surface area contributed by atoms with Crippen LogP contribution in [0.4, 0.5) is 5.95 Å². The highest BCUT2D eigenvalue weighted by Crippen LogP contribution is 2.34. The summed E-state index contributed by atoms with van der Waals surface area (Å²) in [5, 5.41) is 5.87. The Labute approximate surface area is 168 Å². The fourth-order valence-electron chi connectivity index (χ4n) is 4.05. The third-order valence-corrected chi connectivity index (χ3v) is 5.46. The van der Waals surface area contributed by atoms with Crippen LogP contribution in [0.3, 0.4) is 0 Å². The first-order valence-corrected chi connectivity index (χ1v) is 10.0. The normalized spacial score (nSPS) is 17.1. The molecule has 0 saturated carbocycles. The molecule has 1 unspecified atom stereocenters. The third-order valence-electron chi connectivity index (χ3n) is 5.46. The lowest BCUT2D eigenvalue weighted by Crippen LogP contribution is -2.19. The first-order valence-electron chi connectivity index (χ1n) is 10.0. The molecule has 5 rings (SSSR count). The number of benzene rings is 1. The van der Waals surface area contributed by atoms with Crippen LogP contribution >= 0.6 is 0 Å². The number of imidazole rings is 1. The highest BCUT2D eigenvalue weighted by atomic mass is 16.5. The average molecular weight is 388 g/mol. The minimum Gasteiger partial charge on any atom is -0.369 e. The number of nitrogens with zero attached hydrogens (tertiary/aromatic N) is 4. The van der Waals surface area contributed by atoms with Crippen LogP contribution in [-0.4, -0.2) is 31.3 Å². The molecule has 4 aromatic rings. The number of aromatic amines is 1. The van der Waals surface area contributed by atoms with E-state index in [0.29, 0.717) is 5.95 Å². The van der Waals surface area contributed by atoms with E-state index in [4.69, 9.17) is 15.6 Å². The number of anilines is 1. The number of rotatable bonds is 3. The molecule has 0 aliphatic carbocycles. The first-order chi connectivity index (χ1) is 14.1. The number of hydrogen-bond donors (Lipinski definition) is 2. The van der Waals surface area contributed by atoms with Gasteiger partial charge in [0.2, 0.25) is 0 Å². The standard InChI is InChI=1S/C22H24N6O/c1-13-6-5-7-17(24-13)21-20(25-22(23)26-21)15-9-10-18-16(12-15)14(2)27-28(18)19-8-3-4-11-29-19/h5-7,9-10,12,19H,3-4,8,11H2,1-2H3,(H3,23,25,26). The van der Waals surface area contributed by atoms with E-state index in [9.17, 15) is 0 Å². The molecule has 3 aromatic heterocycles. The molecule has 1 aromatic carbocycles. The van der Waals surface area contributed by atoms with Crippen LogP contribution in [0.1, 0.15) is 36.9 Å². The first kappa shape index (κ1) is 17.9. The summed E-state index contributed by atoms with van der Waals surface area (Å²) in [7, 11) is 0. The van der Waals surface area contributed by atoms with E-state index in [1.807, 2.05) is 36.7 Å². The third kappa shape index (κ3) is 3.17. The smallest absolute Gasteiger partial charge is 0.198 e. The van der Waals surface area contributed by atoms with Crippen LogP contribution in [0.15, 0.2) is 36.4 Å². The van der Waals surface area contributed by atoms with Gasteiger partial charge >= 0.3 is 0 Å². The van der Waals surface area contributed by atoms with Gasteiger partial charge in [-0.3, -0.25) is 4.98 Å². The van der Waals surface area contributed by atoms with Gasteiger partial charge in [0.1, 0.15) is 0 Å². The number of nitrogen functional groups attached to an aromatic ring is 1. The Hall–Kier alpha value is -3.19. The largest absolute Gasteiger partial charge is 0.369 e. The molecular formula is C22H24N6O. The number of fused-ring (bicyclic) bond motifs is 1. The summed E-state index contributed by atoms with van der Waals surface area (Å²) in [4.78, 5) is 12.3. The zero-order chi connectivity index (χ0) is 20.0. The molecule has 0 spiro atoms. The molecule has 1 aliphatic heterocycles. The molecule has 0 radical (unpaired) electrons. The van der Waals surface area contributed by atoms with Crippen molar-refractivity contribution in [1.29, 1.82) is 0 Å². The van der Waals surface area contributed by atoms with E-state index in [2.05, 4.69) is 33.2 Å². The molecule has 7 nitrogen and oxygen atoms in total. The van der Waals surface area contributed by atoms with Gasteiger partial charge in [-0.05, 0) is 57.4 Å². The molecule has 148 valence electrons. The summed E-state index contributed by atoms with van der Waals surface area (Å²) in [5.74, 6) is 0.376. The van der Waals surface area contributed by atoms with Crippen LogP contribution in [0.25, 0.3) is 33.5 Å². The van der Waals surface area contributed by atoms with Crippen molar-refractivity contribution in [1.82, 2.24) is 24.7 Å². The van der Waals surface area contributed by atoms with Crippen LogP contribution in [0, 0.1) is 13.8 Å². The van der Waals surface area contributed by atoms with Crippen molar-refractivity contribution >= 4 is 16.9 Å². The molecule has 29 heavy (non-hydrogen) atoms. The quantitative estimate of drug-likeness (QED) is 0.543. The van der Waals surface area contributed by atoms with E-state index >= 15 is 0 Å². The van der Waals surface area contributed by atoms with Crippen LogP contribution < -0.4 is 5.73 Å². The summed E-state index contributed by atoms with van der Waals surface area (Å²) in [6.45, 7) is 4.80. The fraction of sp³-hybridized carbons (Fsp3) is 0.318. The Balaban J connectivity index is 1.61. The molecule has 1 atom stereocenters. The molecular weight excluding hydrogens is 364 g/mol. The van der Waals surface area contributed by atoms with Crippen molar-refractivity contribution in [2.24, 2.45) is 0 Å². The Morgan fingerprint density at radius 2 is 2.03 bits per heavy atom. The number of pyridine rings is 1. The van der Waals surface area contributed by atoms with Gasteiger partial charge in [0.25, 0.3) is 0 Å². The predicted octanol–water partition coefficient (Wildman–Crippen LogP) is 4.39. The molecule has 1 saturated heterocycles. The summed E-state index contributed by atoms with van der Waals surface area (Å²) >= 11 is 0. The SMILES string of the molecule is Cc1cccc(-c2[nH]c(N)nc2-c2ccc3c(c2)c(C)nn3C2CCCCO2)n1. The summed E-state index contributed by atoms with van der Waals surface area (Å²) in [6, 6.07) is 12.2. The Kier molecular flexibility index (Phi) is 4.32. The number of hydrogen-bond acceptors (Lipinski definition) is 5. The van der Waals surface area contributed by atoms with Crippen LogP contribution in [0.2, 0.25) is 0 Å². The van der Waals surface area contributed by atoms with Gasteiger partial charge in [0.05, 0.1) is 28.3 Å². The van der Waals surface area contributed by atoms with Crippen molar-refractivity contribution in [3.8, 4) is 22.6 Å². The fourth-order valence-corrected chi connectivity index (χ4v) is 4.05. The Morgan fingerprint density at radius 1 is 1.14 bits per heavy atom. The highest BCUT2D eigenvalue weighted by Gasteiger charge is 2.21. The van der Waals surface area contributed by atoms with E-state index < -0.39 is 0 Å².